The normalized spacial score (nSPS) is 17.1. The van der Waals surface area contributed by atoms with E-state index in [9.17, 15) is 9.18 Å². The molecule has 1 aromatic carbocycles. The molecule has 0 saturated carbocycles. The molecule has 4 nitrogen and oxygen atoms in total. The van der Waals surface area contributed by atoms with Gasteiger partial charge in [0.25, 0.3) is 0 Å². The molecule has 1 aliphatic heterocycles. The van der Waals surface area contributed by atoms with Crippen molar-refractivity contribution in [1.29, 1.82) is 0 Å². The summed E-state index contributed by atoms with van der Waals surface area (Å²) >= 11 is 0. The van der Waals surface area contributed by atoms with Crippen molar-refractivity contribution in [2.45, 2.75) is 25.9 Å². The summed E-state index contributed by atoms with van der Waals surface area (Å²) in [6.45, 7) is 2.76. The van der Waals surface area contributed by atoms with Crippen molar-refractivity contribution in [3.05, 3.63) is 35.1 Å². The molecule has 0 bridgehead atoms. The minimum absolute atomic E-state index is 0. The SMILES string of the molecule is CN(C)Cc1cc(CNC(=O)C2CCCNC2)ccc1F.Cl.Cl. The molecule has 1 heterocycles. The molecule has 0 spiro atoms. The van der Waals surface area contributed by atoms with Crippen LogP contribution in [0, 0.1) is 11.7 Å². The molecular formula is C16H26Cl2FN3O. The Bertz CT molecular complexity index is 494. The number of hydrogen-bond donors (Lipinski definition) is 2. The highest BCUT2D eigenvalue weighted by atomic mass is 35.5. The Labute approximate surface area is 150 Å². The monoisotopic (exact) mass is 365 g/mol. The summed E-state index contributed by atoms with van der Waals surface area (Å²) in [4.78, 5) is 14.0. The van der Waals surface area contributed by atoms with Gasteiger partial charge in [0.1, 0.15) is 5.82 Å². The quantitative estimate of drug-likeness (QED) is 0.841. The summed E-state index contributed by atoms with van der Waals surface area (Å²) < 4.78 is 13.7. The van der Waals surface area contributed by atoms with Crippen molar-refractivity contribution in [2.24, 2.45) is 5.92 Å². The number of nitrogens with zero attached hydrogens (tertiary/aromatic N) is 1. The summed E-state index contributed by atoms with van der Waals surface area (Å²) in [7, 11) is 3.81. The summed E-state index contributed by atoms with van der Waals surface area (Å²) in [6, 6.07) is 5.03. The third-order valence-corrected chi connectivity index (χ3v) is 3.73. The van der Waals surface area contributed by atoms with E-state index in [-0.39, 0.29) is 42.5 Å². The van der Waals surface area contributed by atoms with E-state index in [4.69, 9.17) is 0 Å². The van der Waals surface area contributed by atoms with Gasteiger partial charge in [-0.3, -0.25) is 4.79 Å². The van der Waals surface area contributed by atoms with E-state index in [0.717, 1.165) is 31.5 Å². The van der Waals surface area contributed by atoms with E-state index in [1.807, 2.05) is 25.1 Å². The smallest absolute Gasteiger partial charge is 0.224 e. The van der Waals surface area contributed by atoms with Gasteiger partial charge < -0.3 is 15.5 Å². The molecule has 1 aromatic rings. The van der Waals surface area contributed by atoms with Gasteiger partial charge in [-0.05, 0) is 51.2 Å². The molecule has 1 amide bonds. The average Bonchev–Trinajstić information content (AvgIpc) is 2.48. The first-order valence-electron chi connectivity index (χ1n) is 7.46. The lowest BCUT2D eigenvalue weighted by Gasteiger charge is -2.22. The Morgan fingerprint density at radius 3 is 2.74 bits per heavy atom. The highest BCUT2D eigenvalue weighted by Gasteiger charge is 2.20. The van der Waals surface area contributed by atoms with Gasteiger partial charge in [0.15, 0.2) is 0 Å². The van der Waals surface area contributed by atoms with Gasteiger partial charge in [0.05, 0.1) is 5.92 Å². The molecule has 2 rings (SSSR count). The van der Waals surface area contributed by atoms with Crippen LogP contribution in [0.25, 0.3) is 0 Å². The van der Waals surface area contributed by atoms with E-state index in [1.165, 1.54) is 6.07 Å². The van der Waals surface area contributed by atoms with E-state index in [0.29, 0.717) is 18.7 Å². The second-order valence-corrected chi connectivity index (χ2v) is 5.92. The molecule has 7 heteroatoms. The second-order valence-electron chi connectivity index (χ2n) is 5.92. The van der Waals surface area contributed by atoms with E-state index < -0.39 is 0 Å². The number of nitrogens with one attached hydrogen (secondary N) is 2. The van der Waals surface area contributed by atoms with E-state index >= 15 is 0 Å². The van der Waals surface area contributed by atoms with E-state index in [2.05, 4.69) is 10.6 Å². The highest BCUT2D eigenvalue weighted by molar-refractivity contribution is 5.85. The average molecular weight is 366 g/mol. The Morgan fingerprint density at radius 1 is 1.39 bits per heavy atom. The fourth-order valence-electron chi connectivity index (χ4n) is 2.61. The maximum Gasteiger partial charge on any atom is 0.224 e. The summed E-state index contributed by atoms with van der Waals surface area (Å²) in [5.74, 6) is -0.0589. The van der Waals surface area contributed by atoms with Gasteiger partial charge >= 0.3 is 0 Å². The van der Waals surface area contributed by atoms with Crippen LogP contribution in [0.15, 0.2) is 18.2 Å². The molecule has 0 aromatic heterocycles. The first-order valence-corrected chi connectivity index (χ1v) is 7.46. The zero-order valence-corrected chi connectivity index (χ0v) is 15.2. The van der Waals surface area contributed by atoms with Gasteiger partial charge in [0.2, 0.25) is 5.91 Å². The molecule has 1 atom stereocenters. The lowest BCUT2D eigenvalue weighted by atomic mass is 9.99. The standard InChI is InChI=1S/C16H24FN3O.2ClH/c1-20(2)11-14-8-12(5-6-15(14)17)9-19-16(21)13-4-3-7-18-10-13;;/h5-6,8,13,18H,3-4,7,9-11H2,1-2H3,(H,19,21);2*1H. The number of rotatable bonds is 5. The number of carbonyl (C=O) groups excluding carboxylic acids is 1. The molecule has 0 radical (unpaired) electrons. The summed E-state index contributed by atoms with van der Waals surface area (Å²) in [6.07, 6.45) is 1.98. The highest BCUT2D eigenvalue weighted by Crippen LogP contribution is 2.13. The second kappa shape index (κ2) is 10.8. The third-order valence-electron chi connectivity index (χ3n) is 3.73. The number of piperidine rings is 1. The fraction of sp³-hybridized carbons (Fsp3) is 0.562. The number of halogens is 3. The van der Waals surface area contributed by atoms with Crippen LogP contribution in [0.5, 0.6) is 0 Å². The minimum atomic E-state index is -0.199. The Kier molecular flexibility index (Phi) is 10.4. The number of hydrogen-bond acceptors (Lipinski definition) is 3. The number of benzene rings is 1. The predicted octanol–water partition coefficient (Wildman–Crippen LogP) is 2.35. The van der Waals surface area contributed by atoms with Crippen LogP contribution < -0.4 is 10.6 Å². The van der Waals surface area contributed by atoms with Crippen LogP contribution in [-0.2, 0) is 17.9 Å². The third kappa shape index (κ3) is 7.04. The first-order chi connectivity index (χ1) is 10.1. The summed E-state index contributed by atoms with van der Waals surface area (Å²) in [5, 5.41) is 6.19. The maximum atomic E-state index is 13.7. The maximum absolute atomic E-state index is 13.7. The van der Waals surface area contributed by atoms with Gasteiger partial charge in [-0.2, -0.15) is 0 Å². The van der Waals surface area contributed by atoms with Crippen LogP contribution in [-0.4, -0.2) is 38.0 Å². The van der Waals surface area contributed by atoms with Gasteiger partial charge in [-0.1, -0.05) is 6.07 Å². The largest absolute Gasteiger partial charge is 0.352 e. The van der Waals surface area contributed by atoms with Crippen molar-refractivity contribution < 1.29 is 9.18 Å². The molecule has 132 valence electrons. The van der Waals surface area contributed by atoms with Crippen LogP contribution in [0.3, 0.4) is 0 Å². The van der Waals surface area contributed by atoms with Crippen LogP contribution in [0.1, 0.15) is 24.0 Å². The Morgan fingerprint density at radius 2 is 2.13 bits per heavy atom. The van der Waals surface area contributed by atoms with Crippen LogP contribution >= 0.6 is 24.8 Å². The topological polar surface area (TPSA) is 44.4 Å². The van der Waals surface area contributed by atoms with Crippen molar-refractivity contribution in [3.63, 3.8) is 0 Å². The lowest BCUT2D eigenvalue weighted by molar-refractivity contribution is -0.125. The van der Waals surface area contributed by atoms with Crippen molar-refractivity contribution in [2.75, 3.05) is 27.2 Å². The molecule has 1 fully saturated rings. The van der Waals surface area contributed by atoms with Gasteiger partial charge in [-0.15, -0.1) is 24.8 Å². The first kappa shape index (κ1) is 22.1. The van der Waals surface area contributed by atoms with E-state index in [1.54, 1.807) is 6.07 Å². The number of amides is 1. The van der Waals surface area contributed by atoms with Crippen molar-refractivity contribution in [1.82, 2.24) is 15.5 Å². The van der Waals surface area contributed by atoms with Crippen LogP contribution in [0.2, 0.25) is 0 Å². The predicted molar refractivity (Wildman–Crippen MR) is 95.7 cm³/mol. The molecule has 2 N–H and O–H groups in total. The molecule has 1 unspecified atom stereocenters. The Hall–Kier alpha value is -0.880. The molecule has 0 aliphatic carbocycles. The zero-order valence-electron chi connectivity index (χ0n) is 13.6. The molecular weight excluding hydrogens is 340 g/mol. The van der Waals surface area contributed by atoms with Crippen molar-refractivity contribution >= 4 is 30.7 Å². The Balaban J connectivity index is 0.00000242. The zero-order chi connectivity index (χ0) is 15.2. The molecule has 1 saturated heterocycles. The lowest BCUT2D eigenvalue weighted by Crippen LogP contribution is -2.40. The fourth-order valence-corrected chi connectivity index (χ4v) is 2.61. The summed E-state index contributed by atoms with van der Waals surface area (Å²) in [5.41, 5.74) is 1.59. The van der Waals surface area contributed by atoms with Gasteiger partial charge in [-0.25, -0.2) is 4.39 Å². The number of carbonyl (C=O) groups is 1. The molecule has 23 heavy (non-hydrogen) atoms. The minimum Gasteiger partial charge on any atom is -0.352 e. The van der Waals surface area contributed by atoms with Crippen LogP contribution in [0.4, 0.5) is 4.39 Å². The van der Waals surface area contributed by atoms with Crippen molar-refractivity contribution in [3.8, 4) is 0 Å². The molecule has 1 aliphatic rings. The van der Waals surface area contributed by atoms with Gasteiger partial charge in [0, 0.05) is 25.2 Å².